The van der Waals surface area contributed by atoms with Gasteiger partial charge in [0.2, 0.25) is 0 Å². The lowest BCUT2D eigenvalue weighted by atomic mass is 9.81. The smallest absolute Gasteiger partial charge is 0.270 e. The number of rotatable bonds is 12. The topological polar surface area (TPSA) is 74.0 Å². The number of alkyl halides is 2. The van der Waals surface area contributed by atoms with E-state index in [9.17, 15) is 13.6 Å². The van der Waals surface area contributed by atoms with Crippen molar-refractivity contribution in [3.8, 4) is 11.5 Å². The molecular formula is C32H38F2N2O4. The number of anilines is 1. The van der Waals surface area contributed by atoms with Gasteiger partial charge in [-0.2, -0.15) is 0 Å². The molecule has 1 saturated heterocycles. The Kier molecular flexibility index (Phi) is 9.76. The summed E-state index contributed by atoms with van der Waals surface area (Å²) < 4.78 is 44.0. The monoisotopic (exact) mass is 552 g/mol. The predicted molar refractivity (Wildman–Crippen MR) is 152 cm³/mol. The summed E-state index contributed by atoms with van der Waals surface area (Å²) in [5.41, 5.74) is 9.52. The predicted octanol–water partition coefficient (Wildman–Crippen LogP) is 5.93. The highest BCUT2D eigenvalue weighted by molar-refractivity contribution is 5.89. The highest BCUT2D eigenvalue weighted by Crippen LogP contribution is 2.36. The molecule has 2 atom stereocenters. The van der Waals surface area contributed by atoms with Gasteiger partial charge in [-0.1, -0.05) is 54.6 Å². The molecule has 0 aliphatic carbocycles. The summed E-state index contributed by atoms with van der Waals surface area (Å²) in [6, 6.07) is 21.5. The van der Waals surface area contributed by atoms with E-state index < -0.39 is 18.0 Å². The Labute approximate surface area is 235 Å². The van der Waals surface area contributed by atoms with Crippen LogP contribution in [0.15, 0.2) is 72.8 Å². The van der Waals surface area contributed by atoms with E-state index in [0.717, 1.165) is 23.7 Å². The molecular weight excluding hydrogens is 514 g/mol. The molecule has 1 aliphatic rings. The van der Waals surface area contributed by atoms with E-state index in [0.29, 0.717) is 50.5 Å². The standard InChI is InChI=1S/C32H38F2N2O4/c1-32(33,34)25-11-9-22(10-12-25)15-18-36(26-13-14-27(38-2)28(21-26)39-3)31(35)29(23-7-5-4-6-8-23)30(37)24-16-19-40-20-17-24/h4-14,21,24,29,31H,15-20,35H2,1-3H3. The molecule has 2 N–H and O–H groups in total. The van der Waals surface area contributed by atoms with Crippen LogP contribution in [0.1, 0.15) is 42.4 Å². The number of ketones is 1. The molecule has 8 heteroatoms. The van der Waals surface area contributed by atoms with Gasteiger partial charge in [-0.05, 0) is 42.5 Å². The number of carbonyl (C=O) groups is 1. The maximum atomic E-state index is 14.0. The van der Waals surface area contributed by atoms with Crippen molar-refractivity contribution in [3.63, 3.8) is 0 Å². The Hall–Kier alpha value is -3.49. The molecule has 0 amide bonds. The van der Waals surface area contributed by atoms with Crippen LogP contribution in [-0.2, 0) is 21.9 Å². The van der Waals surface area contributed by atoms with E-state index in [4.69, 9.17) is 19.9 Å². The van der Waals surface area contributed by atoms with Crippen molar-refractivity contribution in [2.24, 2.45) is 11.7 Å². The summed E-state index contributed by atoms with van der Waals surface area (Å²) >= 11 is 0. The molecule has 0 aromatic heterocycles. The van der Waals surface area contributed by atoms with Crippen LogP contribution >= 0.6 is 0 Å². The first kappa shape index (κ1) is 29.5. The third-order valence-electron chi connectivity index (χ3n) is 7.59. The third-order valence-corrected chi connectivity index (χ3v) is 7.59. The van der Waals surface area contributed by atoms with Crippen LogP contribution in [0, 0.1) is 5.92 Å². The van der Waals surface area contributed by atoms with Gasteiger partial charge in [0.25, 0.3) is 5.92 Å². The van der Waals surface area contributed by atoms with Crippen LogP contribution in [0.25, 0.3) is 0 Å². The number of nitrogens with two attached hydrogens (primary N) is 1. The molecule has 3 aromatic carbocycles. The maximum absolute atomic E-state index is 14.0. The second kappa shape index (κ2) is 13.2. The molecule has 6 nitrogen and oxygen atoms in total. The minimum absolute atomic E-state index is 0.0316. The Morgan fingerprint density at radius 2 is 1.65 bits per heavy atom. The average molecular weight is 553 g/mol. The summed E-state index contributed by atoms with van der Waals surface area (Å²) in [6.45, 7) is 2.45. The Balaban J connectivity index is 1.70. The van der Waals surface area contributed by atoms with Gasteiger partial charge >= 0.3 is 0 Å². The maximum Gasteiger partial charge on any atom is 0.270 e. The third kappa shape index (κ3) is 6.98. The molecule has 0 spiro atoms. The van der Waals surface area contributed by atoms with Gasteiger partial charge in [0.15, 0.2) is 11.5 Å². The first-order valence-electron chi connectivity index (χ1n) is 13.6. The van der Waals surface area contributed by atoms with Crippen LogP contribution in [-0.4, -0.2) is 45.9 Å². The normalized spacial score (nSPS) is 15.8. The number of nitrogens with zero attached hydrogens (tertiary/aromatic N) is 1. The number of Topliss-reactive ketones (excluding diaryl/α,β-unsaturated/α-hetero) is 1. The van der Waals surface area contributed by atoms with Crippen LogP contribution in [0.5, 0.6) is 11.5 Å². The second-order valence-corrected chi connectivity index (χ2v) is 10.2. The minimum Gasteiger partial charge on any atom is -0.493 e. The van der Waals surface area contributed by atoms with Gasteiger partial charge in [-0.15, -0.1) is 0 Å². The molecule has 1 heterocycles. The van der Waals surface area contributed by atoms with E-state index >= 15 is 0 Å². The second-order valence-electron chi connectivity index (χ2n) is 10.2. The summed E-state index contributed by atoms with van der Waals surface area (Å²) in [4.78, 5) is 16.0. The first-order valence-corrected chi connectivity index (χ1v) is 13.6. The lowest BCUT2D eigenvalue weighted by Crippen LogP contribution is -2.51. The fourth-order valence-electron chi connectivity index (χ4n) is 5.27. The summed E-state index contributed by atoms with van der Waals surface area (Å²) in [5, 5.41) is 0. The van der Waals surface area contributed by atoms with E-state index in [1.807, 2.05) is 53.4 Å². The zero-order valence-electron chi connectivity index (χ0n) is 23.3. The number of carbonyl (C=O) groups excluding carboxylic acids is 1. The first-order chi connectivity index (χ1) is 19.2. The van der Waals surface area contributed by atoms with E-state index in [-0.39, 0.29) is 17.3 Å². The number of hydrogen-bond donors (Lipinski definition) is 1. The van der Waals surface area contributed by atoms with E-state index in [2.05, 4.69) is 0 Å². The van der Waals surface area contributed by atoms with Crippen LogP contribution in [0.2, 0.25) is 0 Å². The molecule has 0 saturated carbocycles. The van der Waals surface area contributed by atoms with E-state index in [1.165, 1.54) is 12.1 Å². The van der Waals surface area contributed by atoms with Crippen molar-refractivity contribution in [1.82, 2.24) is 0 Å². The van der Waals surface area contributed by atoms with Gasteiger partial charge < -0.3 is 24.8 Å². The highest BCUT2D eigenvalue weighted by Gasteiger charge is 2.36. The van der Waals surface area contributed by atoms with Gasteiger partial charge in [-0.25, -0.2) is 8.78 Å². The van der Waals surface area contributed by atoms with Gasteiger partial charge in [0.05, 0.1) is 26.3 Å². The molecule has 1 aliphatic heterocycles. The minimum atomic E-state index is -2.90. The highest BCUT2D eigenvalue weighted by atomic mass is 19.3. The fraction of sp³-hybridized carbons (Fsp3) is 0.406. The van der Waals surface area contributed by atoms with Crippen molar-refractivity contribution >= 4 is 11.5 Å². The fourth-order valence-corrected chi connectivity index (χ4v) is 5.27. The zero-order chi connectivity index (χ0) is 28.7. The van der Waals surface area contributed by atoms with Crippen molar-refractivity contribution in [2.75, 3.05) is 38.9 Å². The zero-order valence-corrected chi connectivity index (χ0v) is 23.3. The van der Waals surface area contributed by atoms with Gasteiger partial charge in [-0.3, -0.25) is 4.79 Å². The van der Waals surface area contributed by atoms with Crippen molar-refractivity contribution < 1.29 is 27.8 Å². The molecule has 40 heavy (non-hydrogen) atoms. The van der Waals surface area contributed by atoms with Crippen molar-refractivity contribution in [3.05, 3.63) is 89.5 Å². The summed E-state index contributed by atoms with van der Waals surface area (Å²) in [6.07, 6.45) is 1.17. The largest absolute Gasteiger partial charge is 0.493 e. The molecule has 4 rings (SSSR count). The Morgan fingerprint density at radius 3 is 2.25 bits per heavy atom. The SMILES string of the molecule is COc1ccc(N(CCc2ccc(C(C)(F)F)cc2)C(N)C(C(=O)C2CCOCC2)c2ccccc2)cc1OC. The number of halogens is 2. The molecule has 1 fully saturated rings. The molecule has 214 valence electrons. The lowest BCUT2D eigenvalue weighted by Gasteiger charge is -2.38. The van der Waals surface area contributed by atoms with E-state index in [1.54, 1.807) is 26.4 Å². The number of benzene rings is 3. The van der Waals surface area contributed by atoms with Crippen molar-refractivity contribution in [1.29, 1.82) is 0 Å². The Morgan fingerprint density at radius 1 is 1.00 bits per heavy atom. The molecule has 3 aromatic rings. The Bertz CT molecular complexity index is 1240. The molecule has 2 unspecified atom stereocenters. The van der Waals surface area contributed by atoms with Crippen molar-refractivity contribution in [2.45, 2.75) is 44.2 Å². The van der Waals surface area contributed by atoms with Crippen LogP contribution in [0.3, 0.4) is 0 Å². The van der Waals surface area contributed by atoms with Crippen LogP contribution in [0.4, 0.5) is 14.5 Å². The summed E-state index contributed by atoms with van der Waals surface area (Å²) in [5.74, 6) is -2.41. The van der Waals surface area contributed by atoms with Gasteiger partial charge in [0, 0.05) is 49.9 Å². The lowest BCUT2D eigenvalue weighted by molar-refractivity contribution is -0.127. The number of hydrogen-bond acceptors (Lipinski definition) is 6. The molecule has 0 radical (unpaired) electrons. The average Bonchev–Trinajstić information content (AvgIpc) is 2.98. The number of methoxy groups -OCH3 is 2. The molecule has 0 bridgehead atoms. The summed E-state index contributed by atoms with van der Waals surface area (Å²) in [7, 11) is 3.14. The van der Waals surface area contributed by atoms with Gasteiger partial charge in [0.1, 0.15) is 5.78 Å². The van der Waals surface area contributed by atoms with Crippen LogP contribution < -0.4 is 20.1 Å². The quantitative estimate of drug-likeness (QED) is 0.281. The number of ether oxygens (including phenoxy) is 3.